The van der Waals surface area contributed by atoms with Gasteiger partial charge in [-0.1, -0.05) is 41.9 Å². The maximum atomic E-state index is 12.7. The average Bonchev–Trinajstić information content (AvgIpc) is 3.22. The van der Waals surface area contributed by atoms with E-state index in [-0.39, 0.29) is 5.41 Å². The number of carbonyl (C=O) groups excluding carboxylic acids is 1. The molecule has 1 saturated carbocycles. The fraction of sp³-hybridized carbons (Fsp3) is 0.350. The van der Waals surface area contributed by atoms with Gasteiger partial charge in [-0.3, -0.25) is 4.79 Å². The zero-order chi connectivity index (χ0) is 20.1. The molecule has 0 saturated heterocycles. The molecule has 28 heavy (non-hydrogen) atoms. The minimum Gasteiger partial charge on any atom is -0.337 e. The number of hydrogen-bond acceptors (Lipinski definition) is 4. The fourth-order valence-corrected chi connectivity index (χ4v) is 4.37. The molecule has 0 spiro atoms. The monoisotopic (exact) mass is 434 g/mol. The zero-order valence-corrected chi connectivity index (χ0v) is 18.3. The third kappa shape index (κ3) is 4.59. The highest BCUT2D eigenvalue weighted by Gasteiger charge is 2.44. The zero-order valence-electron chi connectivity index (χ0n) is 15.9. The smallest absolute Gasteiger partial charge is 0.176 e. The van der Waals surface area contributed by atoms with E-state index in [2.05, 4.69) is 9.97 Å². The van der Waals surface area contributed by atoms with E-state index >= 15 is 0 Å². The Bertz CT molecular complexity index is 986. The maximum absolute atomic E-state index is 12.7. The third-order valence-electron chi connectivity index (χ3n) is 5.07. The Labute approximate surface area is 179 Å². The van der Waals surface area contributed by atoms with Crippen LogP contribution < -0.4 is 0 Å². The van der Waals surface area contributed by atoms with Gasteiger partial charge in [0.2, 0.25) is 0 Å². The Morgan fingerprint density at radius 1 is 1.25 bits per heavy atom. The van der Waals surface area contributed by atoms with Gasteiger partial charge in [0.15, 0.2) is 15.7 Å². The minimum absolute atomic E-state index is 0.295. The third-order valence-corrected chi connectivity index (χ3v) is 6.79. The van der Waals surface area contributed by atoms with Crippen LogP contribution in [0.4, 0.5) is 0 Å². The van der Waals surface area contributed by atoms with Crippen LogP contribution in [0.15, 0.2) is 54.2 Å². The van der Waals surface area contributed by atoms with E-state index in [4.69, 9.17) is 23.8 Å². The lowest BCUT2D eigenvalue weighted by Crippen LogP contribution is -2.43. The number of carbonyl (C=O) groups is 1. The molecule has 0 unspecified atom stereocenters. The number of aromatic amines is 1. The Kier molecular flexibility index (Phi) is 6.80. The van der Waals surface area contributed by atoms with Gasteiger partial charge in [0, 0.05) is 43.9 Å². The number of aromatic nitrogens is 4. The summed E-state index contributed by atoms with van der Waals surface area (Å²) in [5, 5.41) is 1.59. The lowest BCUT2D eigenvalue weighted by Gasteiger charge is -2.41. The number of rotatable bonds is 5. The van der Waals surface area contributed by atoms with Gasteiger partial charge in [0.05, 0.1) is 11.2 Å². The van der Waals surface area contributed by atoms with E-state index in [0.29, 0.717) is 16.6 Å². The molecule has 0 atom stereocenters. The average molecular weight is 435 g/mol. The molecular weight excluding hydrogens is 412 g/mol. The molecule has 0 aliphatic heterocycles. The number of halogens is 1. The molecule has 1 aliphatic rings. The van der Waals surface area contributed by atoms with Gasteiger partial charge in [-0.25, -0.2) is 4.98 Å². The van der Waals surface area contributed by atoms with Gasteiger partial charge in [0.1, 0.15) is 0 Å². The van der Waals surface area contributed by atoms with Crippen molar-refractivity contribution in [3.8, 4) is 0 Å². The van der Waals surface area contributed by atoms with Gasteiger partial charge in [-0.15, -0.1) is 0 Å². The van der Waals surface area contributed by atoms with E-state index in [1.807, 2.05) is 66.1 Å². The van der Waals surface area contributed by atoms with Crippen molar-refractivity contribution in [2.75, 3.05) is 5.75 Å². The van der Waals surface area contributed by atoms with E-state index < -0.39 is 0 Å². The summed E-state index contributed by atoms with van der Waals surface area (Å²) in [4.78, 5) is 19.8. The number of thioether (sulfide) groups is 1. The first-order valence-corrected chi connectivity index (χ1v) is 10.8. The minimum atomic E-state index is -0.303. The standard InChI is InChI=1S/C16H17ClN2OS.C4H6N2S/c1-19-10-9-18-15(19)21-11-14(20)16(7-2-8-16)12-3-5-13(17)6-4-12;1-6-3-2-5-4(6)7/h3-6,9-10H,2,7-8,11H2,1H3;2-3H,1H3,(H,5,7). The largest absolute Gasteiger partial charge is 0.337 e. The summed E-state index contributed by atoms with van der Waals surface area (Å²) in [5.41, 5.74) is 0.798. The molecule has 1 fully saturated rings. The second-order valence-corrected chi connectivity index (χ2v) is 8.62. The van der Waals surface area contributed by atoms with Crippen LogP contribution in [0.3, 0.4) is 0 Å². The summed E-state index contributed by atoms with van der Waals surface area (Å²) in [5.74, 6) is 0.761. The molecule has 148 valence electrons. The van der Waals surface area contributed by atoms with Crippen LogP contribution in [0, 0.1) is 4.77 Å². The highest BCUT2D eigenvalue weighted by atomic mass is 35.5. The van der Waals surface area contributed by atoms with Crippen LogP contribution in [0.2, 0.25) is 5.02 Å². The highest BCUT2D eigenvalue weighted by molar-refractivity contribution is 7.99. The second-order valence-electron chi connectivity index (χ2n) is 6.85. The summed E-state index contributed by atoms with van der Waals surface area (Å²) in [6.07, 6.45) is 10.3. The number of aryl methyl sites for hydroxylation is 2. The van der Waals surface area contributed by atoms with Gasteiger partial charge in [-0.05, 0) is 42.8 Å². The number of ketones is 1. The van der Waals surface area contributed by atoms with Crippen LogP contribution in [-0.2, 0) is 24.3 Å². The van der Waals surface area contributed by atoms with Crippen molar-refractivity contribution in [1.82, 2.24) is 19.1 Å². The molecule has 4 rings (SSSR count). The summed E-state index contributed by atoms with van der Waals surface area (Å²) in [7, 11) is 3.84. The fourth-order valence-electron chi connectivity index (χ4n) is 3.18. The second kappa shape index (κ2) is 9.11. The summed E-state index contributed by atoms with van der Waals surface area (Å²) < 4.78 is 4.54. The Balaban J connectivity index is 0.000000271. The van der Waals surface area contributed by atoms with Crippen LogP contribution in [0.25, 0.3) is 0 Å². The van der Waals surface area contributed by atoms with Gasteiger partial charge in [0.25, 0.3) is 0 Å². The Morgan fingerprint density at radius 3 is 2.39 bits per heavy atom. The number of benzene rings is 1. The van der Waals surface area contributed by atoms with Crippen molar-refractivity contribution >= 4 is 41.4 Å². The topological polar surface area (TPSA) is 55.6 Å². The highest BCUT2D eigenvalue weighted by Crippen LogP contribution is 2.45. The Morgan fingerprint density at radius 2 is 1.96 bits per heavy atom. The molecule has 0 radical (unpaired) electrons. The van der Waals surface area contributed by atoms with Crippen LogP contribution in [0.1, 0.15) is 24.8 Å². The van der Waals surface area contributed by atoms with Crippen molar-refractivity contribution in [1.29, 1.82) is 0 Å². The molecule has 5 nitrogen and oxygen atoms in total. The van der Waals surface area contributed by atoms with Crippen LogP contribution in [0.5, 0.6) is 0 Å². The molecule has 1 aliphatic carbocycles. The number of H-pyrrole nitrogens is 1. The van der Waals surface area contributed by atoms with Gasteiger partial charge in [-0.2, -0.15) is 0 Å². The first-order chi connectivity index (χ1) is 13.4. The van der Waals surface area contributed by atoms with Crippen molar-refractivity contribution < 1.29 is 4.79 Å². The molecule has 2 heterocycles. The molecule has 8 heteroatoms. The molecule has 0 amide bonds. The van der Waals surface area contributed by atoms with E-state index in [9.17, 15) is 4.79 Å². The van der Waals surface area contributed by atoms with E-state index in [0.717, 1.165) is 34.8 Å². The quantitative estimate of drug-likeness (QED) is 0.456. The maximum Gasteiger partial charge on any atom is 0.176 e. The first-order valence-electron chi connectivity index (χ1n) is 9.02. The number of imidazole rings is 2. The predicted molar refractivity (Wildman–Crippen MR) is 117 cm³/mol. The molecule has 2 aromatic heterocycles. The lowest BCUT2D eigenvalue weighted by atomic mass is 9.62. The molecule has 0 bridgehead atoms. The predicted octanol–water partition coefficient (Wildman–Crippen LogP) is 4.94. The SMILES string of the molecule is Cn1cc[nH]c1=S.Cn1ccnc1SCC(=O)C1(c2ccc(Cl)cc2)CCC1. The number of Topliss-reactive ketones (excluding diaryl/α,β-unsaturated/α-hetero) is 1. The molecular formula is C20H23ClN4OS2. The van der Waals surface area contributed by atoms with Crippen molar-refractivity contribution in [2.24, 2.45) is 14.1 Å². The van der Waals surface area contributed by atoms with Gasteiger partial charge >= 0.3 is 0 Å². The van der Waals surface area contributed by atoms with E-state index in [1.54, 1.807) is 6.20 Å². The molecule has 1 aromatic carbocycles. The molecule has 1 N–H and O–H groups in total. The van der Waals surface area contributed by atoms with Gasteiger partial charge < -0.3 is 14.1 Å². The Hall–Kier alpha value is -1.83. The van der Waals surface area contributed by atoms with Crippen molar-refractivity contribution in [3.05, 3.63) is 64.4 Å². The summed E-state index contributed by atoms with van der Waals surface area (Å²) >= 11 is 12.3. The molecule has 3 aromatic rings. The van der Waals surface area contributed by atoms with Crippen LogP contribution >= 0.6 is 35.6 Å². The first kappa shape index (κ1) is 20.9. The van der Waals surface area contributed by atoms with Crippen molar-refractivity contribution in [3.63, 3.8) is 0 Å². The van der Waals surface area contributed by atoms with Crippen LogP contribution in [-0.4, -0.2) is 30.6 Å². The lowest BCUT2D eigenvalue weighted by molar-refractivity contribution is -0.125. The van der Waals surface area contributed by atoms with E-state index in [1.165, 1.54) is 11.8 Å². The normalized spacial score (nSPS) is 14.7. The number of nitrogens with one attached hydrogen (secondary N) is 1. The number of hydrogen-bond donors (Lipinski definition) is 1. The van der Waals surface area contributed by atoms with Crippen molar-refractivity contribution in [2.45, 2.75) is 29.8 Å². The number of nitrogens with zero attached hydrogens (tertiary/aromatic N) is 3. The summed E-state index contributed by atoms with van der Waals surface area (Å²) in [6.45, 7) is 0. The summed E-state index contributed by atoms with van der Waals surface area (Å²) in [6, 6.07) is 7.72.